The molecule has 0 fully saturated rings. The molecule has 1 aromatic rings. The molecule has 0 saturated carbocycles. The third-order valence-corrected chi connectivity index (χ3v) is 4.24. The van der Waals surface area contributed by atoms with E-state index in [1.165, 1.54) is 5.56 Å². The molecule has 2 N–H and O–H groups in total. The van der Waals surface area contributed by atoms with E-state index in [0.29, 0.717) is 0 Å². The van der Waals surface area contributed by atoms with E-state index in [0.717, 1.165) is 18.7 Å². The second kappa shape index (κ2) is 5.42. The zero-order valence-electron chi connectivity index (χ0n) is 8.99. The Hall–Kier alpha value is -0.470. The molecule has 1 aromatic carbocycles. The first-order chi connectivity index (χ1) is 6.70. The van der Waals surface area contributed by atoms with E-state index in [1.54, 1.807) is 0 Å². The number of nitrogens with two attached hydrogens (primary N) is 1. The molecule has 0 bridgehead atoms. The highest BCUT2D eigenvalue weighted by Gasteiger charge is 2.19. The van der Waals surface area contributed by atoms with Gasteiger partial charge in [0.05, 0.1) is 0 Å². The highest BCUT2D eigenvalue weighted by Crippen LogP contribution is 2.30. The molecule has 0 aromatic heterocycles. The van der Waals surface area contributed by atoms with E-state index >= 15 is 0 Å². The van der Waals surface area contributed by atoms with Crippen LogP contribution < -0.4 is 5.73 Å². The number of rotatable bonds is 5. The molecule has 0 radical (unpaired) electrons. The summed E-state index contributed by atoms with van der Waals surface area (Å²) in [6, 6.07) is 10.6. The Balaban J connectivity index is 2.48. The summed E-state index contributed by atoms with van der Waals surface area (Å²) >= 11 is 1.95. The Kier molecular flexibility index (Phi) is 4.49. The van der Waals surface area contributed by atoms with Gasteiger partial charge in [-0.25, -0.2) is 0 Å². The van der Waals surface area contributed by atoms with Gasteiger partial charge in [0, 0.05) is 17.0 Å². The Morgan fingerprint density at radius 2 is 1.93 bits per heavy atom. The molecule has 2 heteroatoms. The summed E-state index contributed by atoms with van der Waals surface area (Å²) in [6.45, 7) is 5.19. The normalized spacial score (nSPS) is 15.1. The van der Waals surface area contributed by atoms with Gasteiger partial charge in [-0.15, -0.1) is 11.8 Å². The quantitative estimate of drug-likeness (QED) is 0.806. The van der Waals surface area contributed by atoms with Crippen molar-refractivity contribution in [1.82, 2.24) is 0 Å². The highest BCUT2D eigenvalue weighted by molar-refractivity contribution is 7.99. The predicted octanol–water partition coefficient (Wildman–Crippen LogP) is 3.05. The average molecular weight is 209 g/mol. The summed E-state index contributed by atoms with van der Waals surface area (Å²) in [5.74, 6) is 1.06. The van der Waals surface area contributed by atoms with Gasteiger partial charge in [-0.1, -0.05) is 37.3 Å². The molecule has 14 heavy (non-hydrogen) atoms. The summed E-state index contributed by atoms with van der Waals surface area (Å²) in [7, 11) is 0. The van der Waals surface area contributed by atoms with Crippen molar-refractivity contribution in [3.8, 4) is 0 Å². The molecule has 0 spiro atoms. The molecular formula is C12H19NS. The largest absolute Gasteiger partial charge is 0.329 e. The van der Waals surface area contributed by atoms with Crippen LogP contribution in [0.2, 0.25) is 0 Å². The van der Waals surface area contributed by atoms with Gasteiger partial charge in [0.2, 0.25) is 0 Å². The zero-order valence-corrected chi connectivity index (χ0v) is 9.81. The van der Waals surface area contributed by atoms with Gasteiger partial charge in [0.25, 0.3) is 0 Å². The highest BCUT2D eigenvalue weighted by atomic mass is 32.2. The molecule has 0 aliphatic heterocycles. The van der Waals surface area contributed by atoms with Crippen molar-refractivity contribution < 1.29 is 0 Å². The molecule has 78 valence electrons. The third-order valence-electron chi connectivity index (χ3n) is 2.61. The number of benzene rings is 1. The average Bonchev–Trinajstić information content (AvgIpc) is 2.27. The molecule has 0 heterocycles. The fourth-order valence-electron chi connectivity index (χ4n) is 1.14. The van der Waals surface area contributed by atoms with Crippen LogP contribution in [0.5, 0.6) is 0 Å². The van der Waals surface area contributed by atoms with Crippen molar-refractivity contribution in [2.24, 2.45) is 5.73 Å². The van der Waals surface area contributed by atoms with Crippen LogP contribution in [0.4, 0.5) is 0 Å². The van der Waals surface area contributed by atoms with Crippen LogP contribution in [0.25, 0.3) is 0 Å². The van der Waals surface area contributed by atoms with Crippen molar-refractivity contribution in [3.05, 3.63) is 35.9 Å². The Labute approximate surface area is 91.1 Å². The number of hydrogen-bond acceptors (Lipinski definition) is 2. The fourth-order valence-corrected chi connectivity index (χ4v) is 2.17. The second-order valence-electron chi connectivity index (χ2n) is 3.78. The van der Waals surface area contributed by atoms with Crippen LogP contribution in [0.3, 0.4) is 0 Å². The van der Waals surface area contributed by atoms with E-state index in [2.05, 4.69) is 44.2 Å². The van der Waals surface area contributed by atoms with E-state index in [4.69, 9.17) is 5.73 Å². The maximum atomic E-state index is 5.76. The number of hydrogen-bond donors (Lipinski definition) is 1. The van der Waals surface area contributed by atoms with E-state index in [-0.39, 0.29) is 4.75 Å². The molecule has 0 aliphatic rings. The van der Waals surface area contributed by atoms with Crippen molar-refractivity contribution in [3.63, 3.8) is 0 Å². The van der Waals surface area contributed by atoms with Gasteiger partial charge >= 0.3 is 0 Å². The van der Waals surface area contributed by atoms with E-state index in [1.807, 2.05) is 11.8 Å². The minimum atomic E-state index is 0.232. The van der Waals surface area contributed by atoms with Gasteiger partial charge in [-0.05, 0) is 18.9 Å². The van der Waals surface area contributed by atoms with Gasteiger partial charge in [0.1, 0.15) is 0 Å². The van der Waals surface area contributed by atoms with E-state index < -0.39 is 0 Å². The van der Waals surface area contributed by atoms with Gasteiger partial charge < -0.3 is 5.73 Å². The lowest BCUT2D eigenvalue weighted by Gasteiger charge is -2.25. The van der Waals surface area contributed by atoms with Crippen LogP contribution in [0, 0.1) is 0 Å². The molecule has 0 saturated heterocycles. The summed E-state index contributed by atoms with van der Waals surface area (Å²) in [6.07, 6.45) is 1.13. The maximum Gasteiger partial charge on any atom is 0.0254 e. The maximum absolute atomic E-state index is 5.76. The van der Waals surface area contributed by atoms with Crippen molar-refractivity contribution in [2.75, 3.05) is 6.54 Å². The van der Waals surface area contributed by atoms with Crippen LogP contribution in [-0.4, -0.2) is 11.3 Å². The Bertz CT molecular complexity index is 254. The standard InChI is InChI=1S/C12H19NS/c1-3-12(2,10-13)14-9-11-7-5-4-6-8-11/h4-8H,3,9-10,13H2,1-2H3. The van der Waals surface area contributed by atoms with E-state index in [9.17, 15) is 0 Å². The lowest BCUT2D eigenvalue weighted by molar-refractivity contribution is 0.630. The zero-order chi connectivity index (χ0) is 10.4. The van der Waals surface area contributed by atoms with Gasteiger partial charge in [-0.2, -0.15) is 0 Å². The van der Waals surface area contributed by atoms with Gasteiger partial charge in [0.15, 0.2) is 0 Å². The first-order valence-corrected chi connectivity index (χ1v) is 6.07. The topological polar surface area (TPSA) is 26.0 Å². The molecule has 1 unspecified atom stereocenters. The Morgan fingerprint density at radius 1 is 1.29 bits per heavy atom. The van der Waals surface area contributed by atoms with Crippen molar-refractivity contribution in [1.29, 1.82) is 0 Å². The lowest BCUT2D eigenvalue weighted by atomic mass is 10.1. The predicted molar refractivity (Wildman–Crippen MR) is 65.5 cm³/mol. The molecule has 1 atom stereocenters. The molecule has 0 aliphatic carbocycles. The minimum Gasteiger partial charge on any atom is -0.329 e. The van der Waals surface area contributed by atoms with Crippen LogP contribution in [-0.2, 0) is 5.75 Å². The van der Waals surface area contributed by atoms with Crippen LogP contribution >= 0.6 is 11.8 Å². The molecule has 1 nitrogen and oxygen atoms in total. The summed E-state index contributed by atoms with van der Waals surface area (Å²) < 4.78 is 0.232. The molecule has 1 rings (SSSR count). The third kappa shape index (κ3) is 3.35. The summed E-state index contributed by atoms with van der Waals surface area (Å²) in [5, 5.41) is 0. The Morgan fingerprint density at radius 3 is 2.43 bits per heavy atom. The first kappa shape index (κ1) is 11.6. The smallest absolute Gasteiger partial charge is 0.0254 e. The van der Waals surface area contributed by atoms with Crippen LogP contribution in [0.1, 0.15) is 25.8 Å². The monoisotopic (exact) mass is 209 g/mol. The molecular weight excluding hydrogens is 190 g/mol. The molecule has 0 amide bonds. The van der Waals surface area contributed by atoms with Gasteiger partial charge in [-0.3, -0.25) is 0 Å². The van der Waals surface area contributed by atoms with Crippen molar-refractivity contribution >= 4 is 11.8 Å². The first-order valence-electron chi connectivity index (χ1n) is 5.08. The SMILES string of the molecule is CCC(C)(CN)SCc1ccccc1. The summed E-state index contributed by atoms with van der Waals surface area (Å²) in [4.78, 5) is 0. The fraction of sp³-hybridized carbons (Fsp3) is 0.500. The summed E-state index contributed by atoms with van der Waals surface area (Å²) in [5.41, 5.74) is 7.14. The number of thioether (sulfide) groups is 1. The minimum absolute atomic E-state index is 0.232. The second-order valence-corrected chi connectivity index (χ2v) is 5.34. The van der Waals surface area contributed by atoms with Crippen LogP contribution in [0.15, 0.2) is 30.3 Å². The lowest BCUT2D eigenvalue weighted by Crippen LogP contribution is -2.30. The van der Waals surface area contributed by atoms with Crippen molar-refractivity contribution in [2.45, 2.75) is 30.8 Å².